The maximum Gasteiger partial charge on any atom is 0.513 e. The highest BCUT2D eigenvalue weighted by Gasteiger charge is 2.50. The lowest BCUT2D eigenvalue weighted by molar-refractivity contribution is -0.152. The molecule has 0 aromatic heterocycles. The fraction of sp³-hybridized carbons (Fsp3) is 0.400. The van der Waals surface area contributed by atoms with Crippen molar-refractivity contribution in [3.63, 3.8) is 0 Å². The maximum absolute atomic E-state index is 13.0. The van der Waals surface area contributed by atoms with Crippen LogP contribution in [0, 0.1) is 6.92 Å². The van der Waals surface area contributed by atoms with Gasteiger partial charge in [0.25, 0.3) is 5.91 Å². The minimum atomic E-state index is -0.856. The molecular formula is C20H23BrN2O5. The van der Waals surface area contributed by atoms with E-state index < -0.39 is 11.7 Å². The molecule has 1 amide bonds. The summed E-state index contributed by atoms with van der Waals surface area (Å²) in [5.41, 5.74) is 1.20. The van der Waals surface area contributed by atoms with Crippen LogP contribution in [0.1, 0.15) is 24.0 Å². The van der Waals surface area contributed by atoms with Gasteiger partial charge in [0.05, 0.1) is 12.7 Å². The first kappa shape index (κ1) is 20.6. The van der Waals surface area contributed by atoms with Gasteiger partial charge in [0.1, 0.15) is 12.1 Å². The van der Waals surface area contributed by atoms with E-state index in [1.54, 1.807) is 7.11 Å². The van der Waals surface area contributed by atoms with Crippen LogP contribution < -0.4 is 5.32 Å². The number of aryl methyl sites for hydroxylation is 1. The number of nitrogens with zero attached hydrogens (tertiary/aromatic N) is 1. The number of piperidine rings is 1. The second-order valence-corrected chi connectivity index (χ2v) is 7.68. The largest absolute Gasteiger partial charge is 0.513 e. The molecule has 8 heteroatoms. The highest BCUT2D eigenvalue weighted by molar-refractivity contribution is 9.10. The second-order valence-electron chi connectivity index (χ2n) is 6.76. The van der Waals surface area contributed by atoms with Crippen LogP contribution in [0.15, 0.2) is 41.1 Å². The van der Waals surface area contributed by atoms with E-state index in [1.165, 1.54) is 6.08 Å². The van der Waals surface area contributed by atoms with Crippen molar-refractivity contribution in [2.24, 2.45) is 0 Å². The van der Waals surface area contributed by atoms with E-state index in [4.69, 9.17) is 14.3 Å². The first-order valence-electron chi connectivity index (χ1n) is 8.98. The van der Waals surface area contributed by atoms with E-state index >= 15 is 0 Å². The van der Waals surface area contributed by atoms with Gasteiger partial charge >= 0.3 is 6.16 Å². The highest BCUT2D eigenvalue weighted by Crippen LogP contribution is 2.42. The summed E-state index contributed by atoms with van der Waals surface area (Å²) in [4.78, 5) is 30.5. The third kappa shape index (κ3) is 3.99. The second kappa shape index (κ2) is 8.46. The summed E-state index contributed by atoms with van der Waals surface area (Å²) in [7, 11) is 1.61. The van der Waals surface area contributed by atoms with Gasteiger partial charge in [0.2, 0.25) is 0 Å². The number of halogens is 1. The Morgan fingerprint density at radius 1 is 1.39 bits per heavy atom. The average molecular weight is 451 g/mol. The number of benzene rings is 1. The van der Waals surface area contributed by atoms with Crippen molar-refractivity contribution in [3.8, 4) is 0 Å². The van der Waals surface area contributed by atoms with Gasteiger partial charge in [-0.05, 0) is 43.0 Å². The predicted molar refractivity (Wildman–Crippen MR) is 107 cm³/mol. The Labute approximate surface area is 172 Å². The molecule has 0 aliphatic carbocycles. The van der Waals surface area contributed by atoms with Gasteiger partial charge in [0.15, 0.2) is 5.76 Å². The lowest BCUT2D eigenvalue weighted by Crippen LogP contribution is -2.53. The number of hydroxylamine groups is 2. The van der Waals surface area contributed by atoms with E-state index in [1.807, 2.05) is 30.2 Å². The molecule has 28 heavy (non-hydrogen) atoms. The molecule has 0 saturated carbocycles. The van der Waals surface area contributed by atoms with Crippen LogP contribution in [-0.2, 0) is 19.1 Å². The summed E-state index contributed by atoms with van der Waals surface area (Å²) in [6, 6.07) is 5.66. The number of amides is 1. The Morgan fingerprint density at radius 2 is 2.11 bits per heavy atom. The Morgan fingerprint density at radius 3 is 2.75 bits per heavy atom. The monoisotopic (exact) mass is 450 g/mol. The Hall–Kier alpha value is -2.16. The predicted octanol–water partition coefficient (Wildman–Crippen LogP) is 3.33. The van der Waals surface area contributed by atoms with Gasteiger partial charge < -0.3 is 19.6 Å². The minimum Gasteiger partial charge on any atom is -0.430 e. The first-order valence-corrected chi connectivity index (χ1v) is 9.78. The Bertz CT molecular complexity index is 828. The summed E-state index contributed by atoms with van der Waals surface area (Å²) in [6.07, 6.45) is 1.70. The van der Waals surface area contributed by atoms with Gasteiger partial charge in [-0.3, -0.25) is 4.79 Å². The summed E-state index contributed by atoms with van der Waals surface area (Å²) >= 11 is 3.45. The Kier molecular flexibility index (Phi) is 6.22. The van der Waals surface area contributed by atoms with Crippen molar-refractivity contribution in [2.75, 3.05) is 26.8 Å². The van der Waals surface area contributed by atoms with E-state index in [0.29, 0.717) is 42.8 Å². The fourth-order valence-corrected chi connectivity index (χ4v) is 3.94. The van der Waals surface area contributed by atoms with E-state index in [0.717, 1.165) is 10.0 Å². The normalized spacial score (nSPS) is 18.9. The number of hydrogen-bond acceptors (Lipinski definition) is 6. The molecule has 2 aliphatic rings. The Balaban J connectivity index is 2.06. The van der Waals surface area contributed by atoms with Gasteiger partial charge in [-0.2, -0.15) is 5.06 Å². The first-order chi connectivity index (χ1) is 13.4. The lowest BCUT2D eigenvalue weighted by atomic mass is 9.85. The molecule has 0 radical (unpaired) electrons. The van der Waals surface area contributed by atoms with Crippen LogP contribution in [0.5, 0.6) is 0 Å². The molecule has 150 valence electrons. The smallest absolute Gasteiger partial charge is 0.430 e. The lowest BCUT2D eigenvalue weighted by Gasteiger charge is -2.38. The zero-order chi connectivity index (χ0) is 20.3. The van der Waals surface area contributed by atoms with Crippen LogP contribution in [0.3, 0.4) is 0 Å². The molecule has 1 saturated heterocycles. The number of rotatable bonds is 5. The highest BCUT2D eigenvalue weighted by atomic mass is 79.9. The number of ether oxygens (including phenoxy) is 2. The third-order valence-electron chi connectivity index (χ3n) is 5.05. The van der Waals surface area contributed by atoms with Crippen LogP contribution in [0.2, 0.25) is 0 Å². The van der Waals surface area contributed by atoms with E-state index in [2.05, 4.69) is 27.8 Å². The molecule has 1 N–H and O–H groups in total. The molecule has 1 aromatic carbocycles. The van der Waals surface area contributed by atoms with Crippen LogP contribution in [0.4, 0.5) is 4.79 Å². The number of hydrogen-bond donors (Lipinski definition) is 1. The topological polar surface area (TPSA) is 77.1 Å². The maximum atomic E-state index is 13.0. The third-order valence-corrected chi connectivity index (χ3v) is 5.54. The molecule has 0 atom stereocenters. The van der Waals surface area contributed by atoms with Gasteiger partial charge in [0, 0.05) is 17.6 Å². The zero-order valence-electron chi connectivity index (χ0n) is 15.9. The molecule has 3 rings (SSSR count). The molecule has 2 aliphatic heterocycles. The number of carbonyl (C=O) groups excluding carboxylic acids is 2. The molecule has 0 bridgehead atoms. The van der Waals surface area contributed by atoms with Crippen LogP contribution in [-0.4, -0.2) is 49.5 Å². The van der Waals surface area contributed by atoms with Crippen molar-refractivity contribution in [3.05, 3.63) is 52.2 Å². The van der Waals surface area contributed by atoms with Crippen molar-refractivity contribution < 1.29 is 23.9 Å². The fourth-order valence-electron chi connectivity index (χ4n) is 3.58. The van der Waals surface area contributed by atoms with E-state index in [9.17, 15) is 9.59 Å². The van der Waals surface area contributed by atoms with Crippen molar-refractivity contribution in [1.82, 2.24) is 10.4 Å². The van der Waals surface area contributed by atoms with Gasteiger partial charge in [-0.1, -0.05) is 34.7 Å². The SMILES string of the molecule is C=CCOC(=O)OC1=C(c2cc(Br)ccc2C)C(=O)NC12CCN(OC)CC2. The van der Waals surface area contributed by atoms with Crippen LogP contribution in [0.25, 0.3) is 5.57 Å². The van der Waals surface area contributed by atoms with Crippen LogP contribution >= 0.6 is 15.9 Å². The van der Waals surface area contributed by atoms with Crippen molar-refractivity contribution >= 4 is 33.6 Å². The molecule has 1 spiro atoms. The number of nitrogens with one attached hydrogen (secondary N) is 1. The zero-order valence-corrected chi connectivity index (χ0v) is 17.5. The molecule has 1 fully saturated rings. The molecule has 7 nitrogen and oxygen atoms in total. The quantitative estimate of drug-likeness (QED) is 0.547. The average Bonchev–Trinajstić information content (AvgIpc) is 2.93. The van der Waals surface area contributed by atoms with E-state index in [-0.39, 0.29) is 12.5 Å². The molecule has 1 aromatic rings. The molecular weight excluding hydrogens is 428 g/mol. The van der Waals surface area contributed by atoms with Gasteiger partial charge in [-0.15, -0.1) is 0 Å². The molecule has 0 unspecified atom stereocenters. The van der Waals surface area contributed by atoms with Crippen molar-refractivity contribution in [1.29, 1.82) is 0 Å². The summed E-state index contributed by atoms with van der Waals surface area (Å²) < 4.78 is 11.5. The number of carbonyl (C=O) groups is 2. The summed E-state index contributed by atoms with van der Waals surface area (Å²) in [6.45, 7) is 6.65. The van der Waals surface area contributed by atoms with Crippen molar-refractivity contribution in [2.45, 2.75) is 25.3 Å². The summed E-state index contributed by atoms with van der Waals surface area (Å²) in [5, 5.41) is 4.87. The van der Waals surface area contributed by atoms with Gasteiger partial charge in [-0.25, -0.2) is 4.79 Å². The standard InChI is InChI=1S/C20H23BrN2O5/c1-4-11-27-19(25)28-17-16(15-12-14(21)6-5-13(15)2)18(24)22-20(17)7-9-23(26-3)10-8-20/h4-6,12H,1,7-11H2,2-3H3,(H,22,24). The minimum absolute atomic E-state index is 0.0309. The molecule has 2 heterocycles. The summed E-state index contributed by atoms with van der Waals surface area (Å²) in [5.74, 6) is 0.0436.